The summed E-state index contributed by atoms with van der Waals surface area (Å²) in [5.74, 6) is -0.239. The molecule has 1 aliphatic heterocycles. The molecular formula is C17H17FN4O2S. The summed E-state index contributed by atoms with van der Waals surface area (Å²) in [5, 5.41) is 5.47. The van der Waals surface area contributed by atoms with Crippen LogP contribution in [-0.4, -0.2) is 34.0 Å². The highest BCUT2D eigenvalue weighted by atomic mass is 32.1. The molecule has 0 radical (unpaired) electrons. The minimum atomic E-state index is -0.419. The van der Waals surface area contributed by atoms with Crippen molar-refractivity contribution in [2.45, 2.75) is 19.6 Å². The largest absolute Gasteiger partial charge is 0.484 e. The van der Waals surface area contributed by atoms with Gasteiger partial charge in [-0.05, 0) is 18.6 Å². The molecule has 4 rings (SSSR count). The van der Waals surface area contributed by atoms with Gasteiger partial charge in [-0.1, -0.05) is 0 Å². The molecule has 0 aliphatic carbocycles. The molecule has 0 saturated carbocycles. The predicted octanol–water partition coefficient (Wildman–Crippen LogP) is 3.26. The first kappa shape index (κ1) is 15.9. The second-order valence-corrected chi connectivity index (χ2v) is 6.65. The number of hydrogen-bond acceptors (Lipinski definition) is 4. The maximum Gasteiger partial charge on any atom is 0.317 e. The Morgan fingerprint density at radius 1 is 1.40 bits per heavy atom. The number of amides is 2. The van der Waals surface area contributed by atoms with Gasteiger partial charge in [0.05, 0.1) is 17.7 Å². The second kappa shape index (κ2) is 6.72. The van der Waals surface area contributed by atoms with Crippen molar-refractivity contribution < 1.29 is 13.9 Å². The summed E-state index contributed by atoms with van der Waals surface area (Å²) in [7, 11) is 0. The molecule has 0 spiro atoms. The molecule has 2 amide bonds. The number of carbonyl (C=O) groups excluding carboxylic acids is 1. The maximum atomic E-state index is 14.2. The molecular weight excluding hydrogens is 343 g/mol. The van der Waals surface area contributed by atoms with Crippen molar-refractivity contribution in [3.63, 3.8) is 0 Å². The summed E-state index contributed by atoms with van der Waals surface area (Å²) in [6.07, 6.45) is 1.06. The Hall–Kier alpha value is -2.61. The lowest BCUT2D eigenvalue weighted by atomic mass is 10.2. The third-order valence-corrected chi connectivity index (χ3v) is 4.80. The number of aromatic amines is 1. The van der Waals surface area contributed by atoms with Crippen molar-refractivity contribution in [1.29, 1.82) is 0 Å². The Bertz CT molecular complexity index is 890. The Balaban J connectivity index is 1.45. The molecule has 1 fully saturated rings. The first-order chi connectivity index (χ1) is 12.2. The van der Waals surface area contributed by atoms with Crippen LogP contribution in [0.1, 0.15) is 17.8 Å². The number of aromatic nitrogens is 2. The monoisotopic (exact) mass is 360 g/mol. The number of thiazole rings is 1. The molecule has 3 aromatic rings. The summed E-state index contributed by atoms with van der Waals surface area (Å²) < 4.78 is 19.7. The fourth-order valence-electron chi connectivity index (χ4n) is 2.66. The zero-order chi connectivity index (χ0) is 17.2. The summed E-state index contributed by atoms with van der Waals surface area (Å²) in [6.45, 7) is 2.22. The van der Waals surface area contributed by atoms with Gasteiger partial charge >= 0.3 is 6.03 Å². The van der Waals surface area contributed by atoms with Crippen LogP contribution < -0.4 is 10.1 Å². The van der Waals surface area contributed by atoms with Gasteiger partial charge in [-0.15, -0.1) is 11.3 Å². The molecule has 2 N–H and O–H groups in total. The van der Waals surface area contributed by atoms with Crippen LogP contribution in [0.3, 0.4) is 0 Å². The predicted molar refractivity (Wildman–Crippen MR) is 93.1 cm³/mol. The Morgan fingerprint density at radius 2 is 2.28 bits per heavy atom. The molecule has 1 aliphatic rings. The molecule has 130 valence electrons. The Morgan fingerprint density at radius 3 is 3.00 bits per heavy atom. The quantitative estimate of drug-likeness (QED) is 0.734. The van der Waals surface area contributed by atoms with E-state index < -0.39 is 5.82 Å². The molecule has 0 atom stereocenters. The highest BCUT2D eigenvalue weighted by Crippen LogP contribution is 2.26. The van der Waals surface area contributed by atoms with E-state index in [-0.39, 0.29) is 18.4 Å². The fourth-order valence-corrected chi connectivity index (χ4v) is 3.20. The normalized spacial score (nSPS) is 13.7. The molecule has 3 heterocycles. The maximum absolute atomic E-state index is 14.2. The van der Waals surface area contributed by atoms with Gasteiger partial charge in [-0.3, -0.25) is 0 Å². The van der Waals surface area contributed by atoms with E-state index in [1.54, 1.807) is 16.5 Å². The molecule has 0 bridgehead atoms. The standard InChI is InChI=1S/C17H17FN4O2S/c18-14-5-11-4-12(7-19-17(23)22-2-1-3-22)21-15(11)6-16(14)24-8-13-9-25-10-20-13/h4-6,9-10,21H,1-3,7-8H2,(H,19,23). The summed E-state index contributed by atoms with van der Waals surface area (Å²) in [4.78, 5) is 20.9. The number of nitrogens with one attached hydrogen (secondary N) is 2. The average molecular weight is 360 g/mol. The summed E-state index contributed by atoms with van der Waals surface area (Å²) in [6, 6.07) is 4.84. The molecule has 6 nitrogen and oxygen atoms in total. The molecule has 2 aromatic heterocycles. The van der Waals surface area contributed by atoms with E-state index in [9.17, 15) is 9.18 Å². The van der Waals surface area contributed by atoms with Gasteiger partial charge in [0.2, 0.25) is 0 Å². The van der Waals surface area contributed by atoms with Crippen LogP contribution in [0.2, 0.25) is 0 Å². The number of ether oxygens (including phenoxy) is 1. The molecule has 8 heteroatoms. The van der Waals surface area contributed by atoms with E-state index in [1.807, 2.05) is 11.4 Å². The summed E-state index contributed by atoms with van der Waals surface area (Å²) >= 11 is 1.47. The number of likely N-dealkylation sites (tertiary alicyclic amines) is 1. The zero-order valence-corrected chi connectivity index (χ0v) is 14.2. The van der Waals surface area contributed by atoms with Crippen molar-refractivity contribution in [2.75, 3.05) is 13.1 Å². The number of halogens is 1. The highest BCUT2D eigenvalue weighted by molar-refractivity contribution is 7.07. The number of fused-ring (bicyclic) bond motifs is 1. The number of nitrogens with zero attached hydrogens (tertiary/aromatic N) is 2. The molecule has 1 aromatic carbocycles. The fraction of sp³-hybridized carbons (Fsp3) is 0.294. The lowest BCUT2D eigenvalue weighted by Gasteiger charge is -2.30. The van der Waals surface area contributed by atoms with Crippen molar-refractivity contribution >= 4 is 28.3 Å². The van der Waals surface area contributed by atoms with Crippen LogP contribution >= 0.6 is 11.3 Å². The minimum Gasteiger partial charge on any atom is -0.484 e. The number of urea groups is 1. The average Bonchev–Trinajstić information content (AvgIpc) is 3.17. The van der Waals surface area contributed by atoms with E-state index in [1.165, 1.54) is 17.4 Å². The van der Waals surface area contributed by atoms with E-state index in [0.29, 0.717) is 6.54 Å². The van der Waals surface area contributed by atoms with E-state index >= 15 is 0 Å². The van der Waals surface area contributed by atoms with Crippen molar-refractivity contribution in [3.05, 3.63) is 46.3 Å². The number of H-pyrrole nitrogens is 1. The van der Waals surface area contributed by atoms with Crippen molar-refractivity contribution in [1.82, 2.24) is 20.2 Å². The SMILES string of the molecule is O=C(NCc1cc2cc(F)c(OCc3cscn3)cc2[nH]1)N1CCC1. The Labute approximate surface area is 147 Å². The minimum absolute atomic E-state index is 0.0663. The highest BCUT2D eigenvalue weighted by Gasteiger charge is 2.19. The number of carbonyl (C=O) groups is 1. The summed E-state index contributed by atoms with van der Waals surface area (Å²) in [5.41, 5.74) is 4.07. The van der Waals surface area contributed by atoms with Crippen molar-refractivity contribution in [3.8, 4) is 5.75 Å². The molecule has 1 saturated heterocycles. The van der Waals surface area contributed by atoms with Crippen LogP contribution in [0.25, 0.3) is 10.9 Å². The van der Waals surface area contributed by atoms with Gasteiger partial charge in [0.25, 0.3) is 0 Å². The number of rotatable bonds is 5. The topological polar surface area (TPSA) is 70.2 Å². The van der Waals surface area contributed by atoms with Gasteiger partial charge in [0.15, 0.2) is 11.6 Å². The van der Waals surface area contributed by atoms with Gasteiger partial charge in [-0.25, -0.2) is 14.2 Å². The third kappa shape index (κ3) is 3.43. The van der Waals surface area contributed by atoms with Crippen LogP contribution in [-0.2, 0) is 13.2 Å². The van der Waals surface area contributed by atoms with Crippen LogP contribution in [0, 0.1) is 5.82 Å². The smallest absolute Gasteiger partial charge is 0.317 e. The van der Waals surface area contributed by atoms with E-state index in [4.69, 9.17) is 4.74 Å². The first-order valence-corrected chi connectivity index (χ1v) is 8.97. The number of benzene rings is 1. The third-order valence-electron chi connectivity index (χ3n) is 4.16. The van der Waals surface area contributed by atoms with E-state index in [0.717, 1.165) is 41.8 Å². The van der Waals surface area contributed by atoms with Crippen LogP contribution in [0.5, 0.6) is 5.75 Å². The van der Waals surface area contributed by atoms with Crippen molar-refractivity contribution in [2.24, 2.45) is 0 Å². The van der Waals surface area contributed by atoms with Crippen LogP contribution in [0.4, 0.5) is 9.18 Å². The molecule has 25 heavy (non-hydrogen) atoms. The molecule has 0 unspecified atom stereocenters. The Kier molecular flexibility index (Phi) is 4.27. The van der Waals surface area contributed by atoms with Gasteiger partial charge in [-0.2, -0.15) is 0 Å². The first-order valence-electron chi connectivity index (χ1n) is 8.03. The lowest BCUT2D eigenvalue weighted by molar-refractivity contribution is 0.167. The number of hydrogen-bond donors (Lipinski definition) is 2. The van der Waals surface area contributed by atoms with Crippen LogP contribution in [0.15, 0.2) is 29.1 Å². The van der Waals surface area contributed by atoms with E-state index in [2.05, 4.69) is 15.3 Å². The van der Waals surface area contributed by atoms with Gasteiger partial charge < -0.3 is 19.9 Å². The van der Waals surface area contributed by atoms with Gasteiger partial charge in [0.1, 0.15) is 6.61 Å². The van der Waals surface area contributed by atoms with Gasteiger partial charge in [0, 0.05) is 41.1 Å². The second-order valence-electron chi connectivity index (χ2n) is 5.93. The lowest BCUT2D eigenvalue weighted by Crippen LogP contribution is -2.47. The zero-order valence-electron chi connectivity index (χ0n) is 13.4.